The molecule has 0 aliphatic carbocycles. The molecule has 1 aromatic carbocycles. The molecule has 0 spiro atoms. The Labute approximate surface area is 113 Å². The van der Waals surface area contributed by atoms with Crippen molar-refractivity contribution in [3.8, 4) is 0 Å². The first-order valence-corrected chi connectivity index (χ1v) is 6.91. The molecule has 1 aliphatic heterocycles. The van der Waals surface area contributed by atoms with Crippen molar-refractivity contribution >= 4 is 0 Å². The summed E-state index contributed by atoms with van der Waals surface area (Å²) in [5, 5.41) is 3.27. The summed E-state index contributed by atoms with van der Waals surface area (Å²) in [5.74, 6) is -0.953. The van der Waals surface area contributed by atoms with Crippen LogP contribution >= 0.6 is 0 Å². The van der Waals surface area contributed by atoms with Crippen LogP contribution in [-0.2, 0) is 0 Å². The smallest absolute Gasteiger partial charge is 0.130 e. The Morgan fingerprint density at radius 3 is 2.63 bits per heavy atom. The zero-order chi connectivity index (χ0) is 14.0. The van der Waals surface area contributed by atoms with Gasteiger partial charge in [-0.1, -0.05) is 6.07 Å². The Morgan fingerprint density at radius 1 is 1.32 bits per heavy atom. The van der Waals surface area contributed by atoms with Crippen LogP contribution in [0.3, 0.4) is 0 Å². The average molecular weight is 268 g/mol. The van der Waals surface area contributed by atoms with E-state index in [1.165, 1.54) is 6.07 Å². The number of hydrogen-bond donors (Lipinski definition) is 1. The highest BCUT2D eigenvalue weighted by Gasteiger charge is 2.31. The molecule has 0 radical (unpaired) electrons. The Morgan fingerprint density at radius 2 is 2.05 bits per heavy atom. The molecule has 0 unspecified atom stereocenters. The number of piperidine rings is 1. The van der Waals surface area contributed by atoms with E-state index < -0.39 is 11.6 Å². The van der Waals surface area contributed by atoms with Gasteiger partial charge in [0.1, 0.15) is 11.6 Å². The average Bonchev–Trinajstić information content (AvgIpc) is 2.38. The molecule has 1 aromatic rings. The molecule has 1 saturated heterocycles. The molecule has 1 heterocycles. The molecule has 0 aromatic heterocycles. The van der Waals surface area contributed by atoms with Gasteiger partial charge >= 0.3 is 0 Å². The molecule has 0 saturated carbocycles. The fourth-order valence-corrected chi connectivity index (χ4v) is 2.94. The Bertz CT molecular complexity index is 434. The Balaban J connectivity index is 2.30. The van der Waals surface area contributed by atoms with Gasteiger partial charge in [-0.3, -0.25) is 4.90 Å². The van der Waals surface area contributed by atoms with E-state index >= 15 is 0 Å². The van der Waals surface area contributed by atoms with Crippen LogP contribution in [0.2, 0.25) is 0 Å². The van der Waals surface area contributed by atoms with Gasteiger partial charge in [-0.15, -0.1) is 0 Å². The maximum absolute atomic E-state index is 14.0. The zero-order valence-corrected chi connectivity index (χ0v) is 11.8. The van der Waals surface area contributed by atoms with E-state index in [1.807, 2.05) is 7.05 Å². The van der Waals surface area contributed by atoms with Gasteiger partial charge in [0.15, 0.2) is 0 Å². The van der Waals surface area contributed by atoms with Crippen molar-refractivity contribution in [2.45, 2.75) is 44.8 Å². The number of nitrogens with one attached hydrogen (secondary N) is 1. The summed E-state index contributed by atoms with van der Waals surface area (Å²) in [6, 6.07) is 4.68. The number of benzene rings is 1. The van der Waals surface area contributed by atoms with Crippen LogP contribution in [0.5, 0.6) is 0 Å². The molecule has 106 valence electrons. The van der Waals surface area contributed by atoms with Gasteiger partial charge in [0, 0.05) is 36.3 Å². The molecule has 1 aliphatic rings. The first kappa shape index (κ1) is 14.4. The quantitative estimate of drug-likeness (QED) is 0.906. The van der Waals surface area contributed by atoms with Gasteiger partial charge in [-0.2, -0.15) is 0 Å². The highest BCUT2D eigenvalue weighted by Crippen LogP contribution is 2.34. The summed E-state index contributed by atoms with van der Waals surface area (Å²) < 4.78 is 27.1. The molecule has 2 rings (SSSR count). The van der Waals surface area contributed by atoms with E-state index in [1.54, 1.807) is 6.07 Å². The lowest BCUT2D eigenvalue weighted by molar-refractivity contribution is 0.0921. The fraction of sp³-hybridized carbons (Fsp3) is 0.600. The van der Waals surface area contributed by atoms with E-state index in [-0.39, 0.29) is 6.04 Å². The molecule has 0 bridgehead atoms. The Hall–Kier alpha value is -1.00. The fourth-order valence-electron chi connectivity index (χ4n) is 2.94. The molecule has 2 nitrogen and oxygen atoms in total. The van der Waals surface area contributed by atoms with Crippen LogP contribution in [0.15, 0.2) is 18.2 Å². The van der Waals surface area contributed by atoms with Gasteiger partial charge in [0.2, 0.25) is 0 Å². The van der Waals surface area contributed by atoms with Gasteiger partial charge < -0.3 is 5.32 Å². The van der Waals surface area contributed by atoms with Crippen LogP contribution in [0.4, 0.5) is 8.78 Å². The molecule has 1 fully saturated rings. The minimum Gasteiger partial charge on any atom is -0.317 e. The van der Waals surface area contributed by atoms with E-state index in [9.17, 15) is 8.78 Å². The normalized spacial score (nSPS) is 24.9. The Kier molecular flexibility index (Phi) is 4.53. The highest BCUT2D eigenvalue weighted by atomic mass is 19.1. The standard InChI is InChI=1S/C15H22F2N2/c1-10(2)19-7-6-12(18-3)9-15(19)13-5-4-11(16)8-14(13)17/h4-5,8,10,12,15,18H,6-7,9H2,1-3H3/t12-,15+/m1/s1. The maximum atomic E-state index is 14.0. The van der Waals surface area contributed by atoms with Crippen LogP contribution < -0.4 is 5.32 Å². The van der Waals surface area contributed by atoms with Crippen molar-refractivity contribution in [3.05, 3.63) is 35.4 Å². The van der Waals surface area contributed by atoms with Crippen molar-refractivity contribution in [3.63, 3.8) is 0 Å². The second-order valence-electron chi connectivity index (χ2n) is 5.52. The minimum atomic E-state index is -0.515. The summed E-state index contributed by atoms with van der Waals surface area (Å²) in [6.07, 6.45) is 1.92. The topological polar surface area (TPSA) is 15.3 Å². The number of nitrogens with zero attached hydrogens (tertiary/aromatic N) is 1. The number of rotatable bonds is 3. The second-order valence-corrected chi connectivity index (χ2v) is 5.52. The molecule has 19 heavy (non-hydrogen) atoms. The summed E-state index contributed by atoms with van der Waals surface area (Å²) in [4.78, 5) is 2.30. The SMILES string of the molecule is CN[C@@H]1CCN(C(C)C)[C@H](c2ccc(F)cc2F)C1. The molecule has 0 amide bonds. The van der Waals surface area contributed by atoms with Crippen LogP contribution in [0.25, 0.3) is 0 Å². The molecule has 4 heteroatoms. The lowest BCUT2D eigenvalue weighted by Gasteiger charge is -2.42. The van der Waals surface area contributed by atoms with E-state index in [0.29, 0.717) is 17.6 Å². The largest absolute Gasteiger partial charge is 0.317 e. The first-order chi connectivity index (χ1) is 9.02. The van der Waals surface area contributed by atoms with Crippen molar-refractivity contribution in [2.75, 3.05) is 13.6 Å². The van der Waals surface area contributed by atoms with Crippen molar-refractivity contribution < 1.29 is 8.78 Å². The summed E-state index contributed by atoms with van der Waals surface area (Å²) in [7, 11) is 1.94. The third-order valence-electron chi connectivity index (χ3n) is 4.04. The van der Waals surface area contributed by atoms with Gasteiger partial charge in [-0.05, 0) is 39.8 Å². The monoisotopic (exact) mass is 268 g/mol. The number of halogens is 2. The molecular formula is C15H22F2N2. The summed E-state index contributed by atoms with van der Waals surface area (Å²) in [6.45, 7) is 5.17. The van der Waals surface area contributed by atoms with Crippen molar-refractivity contribution in [2.24, 2.45) is 0 Å². The number of likely N-dealkylation sites (tertiary alicyclic amines) is 1. The molecule has 2 atom stereocenters. The molecule has 1 N–H and O–H groups in total. The predicted octanol–water partition coefficient (Wildman–Crippen LogP) is 3.10. The molecular weight excluding hydrogens is 246 g/mol. The van der Waals surface area contributed by atoms with Gasteiger partial charge in [-0.25, -0.2) is 8.78 Å². The van der Waals surface area contributed by atoms with E-state index in [2.05, 4.69) is 24.1 Å². The van der Waals surface area contributed by atoms with Crippen molar-refractivity contribution in [1.29, 1.82) is 0 Å². The minimum absolute atomic E-state index is 0.0202. The van der Waals surface area contributed by atoms with E-state index in [0.717, 1.165) is 25.5 Å². The predicted molar refractivity (Wildman–Crippen MR) is 73.0 cm³/mol. The highest BCUT2D eigenvalue weighted by molar-refractivity contribution is 5.23. The lowest BCUT2D eigenvalue weighted by Crippen LogP contribution is -2.46. The second kappa shape index (κ2) is 5.97. The third kappa shape index (κ3) is 3.12. The van der Waals surface area contributed by atoms with E-state index in [4.69, 9.17) is 0 Å². The zero-order valence-electron chi connectivity index (χ0n) is 11.8. The van der Waals surface area contributed by atoms with Gasteiger partial charge in [0.05, 0.1) is 0 Å². The summed E-state index contributed by atoms with van der Waals surface area (Å²) in [5.41, 5.74) is 0.607. The third-order valence-corrected chi connectivity index (χ3v) is 4.04. The van der Waals surface area contributed by atoms with Crippen LogP contribution in [0.1, 0.15) is 38.3 Å². The maximum Gasteiger partial charge on any atom is 0.130 e. The lowest BCUT2D eigenvalue weighted by atomic mass is 9.90. The van der Waals surface area contributed by atoms with Crippen LogP contribution in [-0.4, -0.2) is 30.6 Å². The first-order valence-electron chi connectivity index (χ1n) is 6.91. The number of hydrogen-bond acceptors (Lipinski definition) is 2. The van der Waals surface area contributed by atoms with Crippen LogP contribution in [0, 0.1) is 11.6 Å². The summed E-state index contributed by atoms with van der Waals surface area (Å²) >= 11 is 0. The van der Waals surface area contributed by atoms with Crippen molar-refractivity contribution in [1.82, 2.24) is 10.2 Å². The van der Waals surface area contributed by atoms with Gasteiger partial charge in [0.25, 0.3) is 0 Å².